The summed E-state index contributed by atoms with van der Waals surface area (Å²) in [6.45, 7) is 0.786. The standard InChI is InChI=1S/C17H24F3NO2Se/c1-22-14-11-16(24-17(18,19)20)15(23-2)10-12(14)8-9-21-13-6-4-3-5-7-13/h10-11,13,21H,3-9H2,1-2H3. The fourth-order valence-electron chi connectivity index (χ4n) is 3.05. The summed E-state index contributed by atoms with van der Waals surface area (Å²) < 4.78 is 48.8. The van der Waals surface area contributed by atoms with E-state index in [1.54, 1.807) is 6.07 Å². The van der Waals surface area contributed by atoms with Crippen molar-refractivity contribution in [1.29, 1.82) is 0 Å². The van der Waals surface area contributed by atoms with Gasteiger partial charge in [-0.25, -0.2) is 0 Å². The van der Waals surface area contributed by atoms with Crippen molar-refractivity contribution in [3.05, 3.63) is 17.7 Å². The van der Waals surface area contributed by atoms with Gasteiger partial charge in [0.1, 0.15) is 0 Å². The summed E-state index contributed by atoms with van der Waals surface area (Å²) in [5, 5.41) is -0.674. The van der Waals surface area contributed by atoms with Crippen LogP contribution in [0.15, 0.2) is 12.1 Å². The Morgan fingerprint density at radius 3 is 2.33 bits per heavy atom. The number of alkyl halides is 3. The van der Waals surface area contributed by atoms with Crippen LogP contribution in [0, 0.1) is 0 Å². The molecule has 1 aliphatic carbocycles. The van der Waals surface area contributed by atoms with Crippen LogP contribution in [0.5, 0.6) is 11.5 Å². The molecule has 3 nitrogen and oxygen atoms in total. The SMILES string of the molecule is COc1cc([Se]C(F)(F)F)c(OC)cc1CCNC1CCCCC1. The van der Waals surface area contributed by atoms with Crippen molar-refractivity contribution < 1.29 is 22.6 Å². The zero-order valence-electron chi connectivity index (χ0n) is 14.0. The van der Waals surface area contributed by atoms with E-state index in [4.69, 9.17) is 9.47 Å². The van der Waals surface area contributed by atoms with Crippen molar-refractivity contribution in [2.24, 2.45) is 0 Å². The molecule has 24 heavy (non-hydrogen) atoms. The number of rotatable bonds is 7. The molecule has 0 saturated heterocycles. The molecule has 0 atom stereocenters. The molecule has 1 fully saturated rings. The zero-order valence-corrected chi connectivity index (χ0v) is 15.8. The van der Waals surface area contributed by atoms with Crippen molar-refractivity contribution in [2.75, 3.05) is 20.8 Å². The first-order valence-corrected chi connectivity index (χ1v) is 9.88. The number of hydrogen-bond donors (Lipinski definition) is 1. The summed E-state index contributed by atoms with van der Waals surface area (Å²) in [7, 11) is 2.89. The van der Waals surface area contributed by atoms with E-state index in [9.17, 15) is 13.2 Å². The first-order valence-electron chi connectivity index (χ1n) is 8.17. The molecule has 0 aliphatic heterocycles. The van der Waals surface area contributed by atoms with E-state index < -0.39 is 20.0 Å². The first-order chi connectivity index (χ1) is 11.4. The Labute approximate surface area is 147 Å². The molecule has 2 rings (SSSR count). The van der Waals surface area contributed by atoms with Gasteiger partial charge >= 0.3 is 147 Å². The normalized spacial score (nSPS) is 16.2. The van der Waals surface area contributed by atoms with Gasteiger partial charge in [-0.2, -0.15) is 0 Å². The maximum atomic E-state index is 12.7. The molecule has 1 N–H and O–H groups in total. The molecule has 1 aliphatic rings. The van der Waals surface area contributed by atoms with Gasteiger partial charge in [0.05, 0.1) is 0 Å². The third kappa shape index (κ3) is 5.87. The van der Waals surface area contributed by atoms with Crippen LogP contribution < -0.4 is 19.3 Å². The second-order valence-corrected chi connectivity index (χ2v) is 8.22. The topological polar surface area (TPSA) is 30.5 Å². The molecule has 1 aromatic carbocycles. The average molecular weight is 410 g/mol. The quantitative estimate of drug-likeness (QED) is 0.702. The molecule has 0 spiro atoms. The Hall–Kier alpha value is -0.911. The molecule has 0 bridgehead atoms. The van der Waals surface area contributed by atoms with Crippen LogP contribution in [-0.4, -0.2) is 46.8 Å². The summed E-state index contributed by atoms with van der Waals surface area (Å²) in [6.07, 6.45) is 6.95. The van der Waals surface area contributed by atoms with E-state index in [-0.39, 0.29) is 4.46 Å². The van der Waals surface area contributed by atoms with E-state index in [1.807, 2.05) is 0 Å². The third-order valence-corrected chi connectivity index (χ3v) is 5.84. The molecule has 1 saturated carbocycles. The predicted molar refractivity (Wildman–Crippen MR) is 89.6 cm³/mol. The van der Waals surface area contributed by atoms with Crippen LogP contribution in [-0.2, 0) is 6.42 Å². The molecule has 7 heteroatoms. The zero-order chi connectivity index (χ0) is 17.6. The van der Waals surface area contributed by atoms with Crippen LogP contribution in [0.25, 0.3) is 0 Å². The molecule has 136 valence electrons. The van der Waals surface area contributed by atoms with Crippen molar-refractivity contribution in [3.8, 4) is 11.5 Å². The van der Waals surface area contributed by atoms with Crippen LogP contribution in [0.4, 0.5) is 13.2 Å². The summed E-state index contributed by atoms with van der Waals surface area (Å²) in [5.74, 6) is 0.795. The second-order valence-electron chi connectivity index (χ2n) is 5.90. The molecule has 1 aromatic rings. The monoisotopic (exact) mass is 411 g/mol. The Bertz CT molecular complexity index is 531. The molecule has 0 heterocycles. The summed E-state index contributed by atoms with van der Waals surface area (Å²) in [5.41, 5.74) is 0.874. The van der Waals surface area contributed by atoms with Crippen LogP contribution in [0.1, 0.15) is 37.7 Å². The van der Waals surface area contributed by atoms with Gasteiger partial charge in [0, 0.05) is 0 Å². The molecular weight excluding hydrogens is 386 g/mol. The van der Waals surface area contributed by atoms with Gasteiger partial charge < -0.3 is 0 Å². The second kappa shape index (κ2) is 8.97. The molecule has 0 aromatic heterocycles. The van der Waals surface area contributed by atoms with Gasteiger partial charge in [0.2, 0.25) is 0 Å². The van der Waals surface area contributed by atoms with Gasteiger partial charge in [0.15, 0.2) is 0 Å². The fourth-order valence-corrected chi connectivity index (χ4v) is 4.43. The van der Waals surface area contributed by atoms with E-state index in [2.05, 4.69) is 5.32 Å². The maximum absolute atomic E-state index is 12.7. The number of halogens is 3. The van der Waals surface area contributed by atoms with E-state index in [1.165, 1.54) is 52.4 Å². The minimum atomic E-state index is -4.21. The van der Waals surface area contributed by atoms with Crippen molar-refractivity contribution in [2.45, 2.75) is 49.6 Å². The Morgan fingerprint density at radius 2 is 1.75 bits per heavy atom. The molecule has 0 amide bonds. The fraction of sp³-hybridized carbons (Fsp3) is 0.647. The van der Waals surface area contributed by atoms with Crippen LogP contribution in [0.2, 0.25) is 0 Å². The molecule has 0 unspecified atom stereocenters. The Morgan fingerprint density at radius 1 is 1.08 bits per heavy atom. The number of nitrogens with one attached hydrogen (secondary N) is 1. The van der Waals surface area contributed by atoms with Crippen LogP contribution in [0.3, 0.4) is 0 Å². The van der Waals surface area contributed by atoms with Crippen LogP contribution >= 0.6 is 0 Å². The molecular formula is C17H24F3NO2Se. The summed E-state index contributed by atoms with van der Waals surface area (Å²) in [6, 6.07) is 3.71. The van der Waals surface area contributed by atoms with Gasteiger partial charge in [-0.1, -0.05) is 0 Å². The Balaban J connectivity index is 2.05. The van der Waals surface area contributed by atoms with Gasteiger partial charge in [-0.05, 0) is 0 Å². The molecule has 0 radical (unpaired) electrons. The summed E-state index contributed by atoms with van der Waals surface area (Å²) >= 11 is -1.65. The van der Waals surface area contributed by atoms with Gasteiger partial charge in [-0.15, -0.1) is 0 Å². The van der Waals surface area contributed by atoms with E-state index in [0.29, 0.717) is 24.0 Å². The minimum absolute atomic E-state index is 0.165. The summed E-state index contributed by atoms with van der Waals surface area (Å²) in [4.78, 5) is 0. The number of methoxy groups -OCH3 is 2. The third-order valence-electron chi connectivity index (χ3n) is 4.22. The Kier molecular flexibility index (Phi) is 7.26. The van der Waals surface area contributed by atoms with Crippen molar-refractivity contribution in [1.82, 2.24) is 5.32 Å². The van der Waals surface area contributed by atoms with Crippen molar-refractivity contribution in [3.63, 3.8) is 0 Å². The first kappa shape index (κ1) is 19.4. The number of benzene rings is 1. The average Bonchev–Trinajstić information content (AvgIpc) is 2.55. The van der Waals surface area contributed by atoms with Crippen molar-refractivity contribution >= 4 is 19.4 Å². The van der Waals surface area contributed by atoms with E-state index in [0.717, 1.165) is 12.1 Å². The van der Waals surface area contributed by atoms with E-state index >= 15 is 0 Å². The van der Waals surface area contributed by atoms with Gasteiger partial charge in [0.25, 0.3) is 0 Å². The van der Waals surface area contributed by atoms with Gasteiger partial charge in [-0.3, -0.25) is 0 Å². The number of hydrogen-bond acceptors (Lipinski definition) is 3. The number of ether oxygens (including phenoxy) is 2. The predicted octanol–water partition coefficient (Wildman–Crippen LogP) is 3.02.